The van der Waals surface area contributed by atoms with E-state index in [1.165, 1.54) is 7.11 Å². The van der Waals surface area contributed by atoms with E-state index in [1.807, 2.05) is 67.6 Å². The van der Waals surface area contributed by atoms with Crippen LogP contribution in [-0.2, 0) is 9.53 Å². The van der Waals surface area contributed by atoms with Gasteiger partial charge in [-0.25, -0.2) is 0 Å². The molecule has 2 aliphatic rings. The van der Waals surface area contributed by atoms with Crippen LogP contribution in [0.3, 0.4) is 0 Å². The van der Waals surface area contributed by atoms with E-state index >= 15 is 0 Å². The Morgan fingerprint density at radius 2 is 1.79 bits per heavy atom. The molecule has 152 valence electrons. The van der Waals surface area contributed by atoms with Crippen molar-refractivity contribution in [1.82, 2.24) is 4.90 Å². The van der Waals surface area contributed by atoms with Gasteiger partial charge in [-0.05, 0) is 30.5 Å². The molecule has 29 heavy (non-hydrogen) atoms. The molecule has 0 amide bonds. The molecule has 0 aliphatic carbocycles. The van der Waals surface area contributed by atoms with Crippen LogP contribution in [0.15, 0.2) is 60.7 Å². The van der Waals surface area contributed by atoms with E-state index in [-0.39, 0.29) is 22.9 Å². The summed E-state index contributed by atoms with van der Waals surface area (Å²) in [4.78, 5) is 27.5. The maximum atomic E-state index is 13.2. The normalized spacial score (nSPS) is 29.9. The zero-order valence-electron chi connectivity index (χ0n) is 16.7. The molecule has 0 saturated carbocycles. The third-order valence-corrected chi connectivity index (χ3v) is 6.81. The quantitative estimate of drug-likeness (QED) is 0.440. The van der Waals surface area contributed by atoms with Crippen LogP contribution >= 0.6 is 0 Å². The second-order valence-electron chi connectivity index (χ2n) is 8.07. The Balaban J connectivity index is 1.90. The molecule has 2 fully saturated rings. The number of rotatable bonds is 5. The fourth-order valence-electron chi connectivity index (χ4n) is 5.70. The van der Waals surface area contributed by atoms with Gasteiger partial charge in [-0.1, -0.05) is 67.6 Å². The van der Waals surface area contributed by atoms with Crippen molar-refractivity contribution in [3.8, 4) is 0 Å². The van der Waals surface area contributed by atoms with Gasteiger partial charge in [-0.15, -0.1) is 0 Å². The summed E-state index contributed by atoms with van der Waals surface area (Å²) in [6.07, 6.45) is 1.39. The van der Waals surface area contributed by atoms with Crippen molar-refractivity contribution in [1.29, 1.82) is 0 Å². The Bertz CT molecular complexity index is 888. The van der Waals surface area contributed by atoms with Crippen LogP contribution in [0.25, 0.3) is 0 Å². The van der Waals surface area contributed by atoms with E-state index in [0.29, 0.717) is 13.0 Å². The molecule has 0 aromatic heterocycles. The summed E-state index contributed by atoms with van der Waals surface area (Å²) >= 11 is 0. The van der Waals surface area contributed by atoms with Gasteiger partial charge in [0.05, 0.1) is 19.1 Å². The van der Waals surface area contributed by atoms with Crippen molar-refractivity contribution in [3.63, 3.8) is 0 Å². The summed E-state index contributed by atoms with van der Waals surface area (Å²) in [7, 11) is 1.38. The average Bonchev–Trinajstić information content (AvgIpc) is 3.30. The standard InChI is InChI=1S/C23H26N2O4/c1-16(17-10-5-3-6-11-17)20-21(25(27)28)19(18-12-7-4-8-13-18)23(22(26)29-2)14-9-15-24(20)23/h3-8,10-13,16,19-21H,9,14-15H2,1-2H3/t16?,19-,20-,21-,23+/m0/s1. The molecule has 6 heteroatoms. The number of ether oxygens (including phenoxy) is 1. The smallest absolute Gasteiger partial charge is 0.327 e. The Hall–Kier alpha value is -2.73. The van der Waals surface area contributed by atoms with E-state index in [0.717, 1.165) is 17.5 Å². The first-order chi connectivity index (χ1) is 14.0. The molecule has 0 radical (unpaired) electrons. The summed E-state index contributed by atoms with van der Waals surface area (Å²) in [6, 6.07) is 18.0. The number of hydrogen-bond donors (Lipinski definition) is 0. The van der Waals surface area contributed by atoms with E-state index in [1.54, 1.807) is 0 Å². The largest absolute Gasteiger partial charge is 0.468 e. The topological polar surface area (TPSA) is 72.7 Å². The van der Waals surface area contributed by atoms with Crippen LogP contribution < -0.4 is 0 Å². The fourth-order valence-corrected chi connectivity index (χ4v) is 5.70. The van der Waals surface area contributed by atoms with E-state index in [4.69, 9.17) is 4.74 Å². The minimum atomic E-state index is -0.998. The molecular formula is C23H26N2O4. The zero-order chi connectivity index (χ0) is 20.6. The number of esters is 1. The molecule has 5 atom stereocenters. The SMILES string of the molecule is COC(=O)[C@]12CCCN1[C@@H](C(C)c1ccccc1)[C@@H]([N+](=O)[O-])[C@@H]2c1ccccc1. The predicted octanol–water partition coefficient (Wildman–Crippen LogP) is 3.61. The minimum Gasteiger partial charge on any atom is -0.468 e. The Labute approximate surface area is 170 Å². The lowest BCUT2D eigenvalue weighted by atomic mass is 9.75. The molecular weight excluding hydrogens is 368 g/mol. The van der Waals surface area contributed by atoms with E-state index < -0.39 is 17.5 Å². The molecule has 2 saturated heterocycles. The van der Waals surface area contributed by atoms with Gasteiger partial charge in [0.1, 0.15) is 5.54 Å². The Morgan fingerprint density at radius 1 is 1.17 bits per heavy atom. The molecule has 0 bridgehead atoms. The second kappa shape index (κ2) is 7.59. The lowest BCUT2D eigenvalue weighted by Crippen LogP contribution is -2.52. The Morgan fingerprint density at radius 3 is 2.38 bits per heavy atom. The number of nitrogens with zero attached hydrogens (tertiary/aromatic N) is 2. The van der Waals surface area contributed by atoms with Gasteiger partial charge in [-0.2, -0.15) is 0 Å². The number of carbonyl (C=O) groups is 1. The summed E-state index contributed by atoms with van der Waals surface area (Å²) in [5, 5.41) is 12.4. The van der Waals surface area contributed by atoms with Crippen molar-refractivity contribution >= 4 is 5.97 Å². The summed E-state index contributed by atoms with van der Waals surface area (Å²) in [5.41, 5.74) is 0.875. The van der Waals surface area contributed by atoms with Gasteiger partial charge in [0.2, 0.25) is 6.04 Å². The Kier molecular flexibility index (Phi) is 5.13. The number of benzene rings is 2. The molecule has 4 rings (SSSR count). The molecule has 2 aromatic carbocycles. The maximum absolute atomic E-state index is 13.2. The van der Waals surface area contributed by atoms with Crippen molar-refractivity contribution in [2.24, 2.45) is 0 Å². The highest BCUT2D eigenvalue weighted by molar-refractivity contribution is 5.84. The second-order valence-corrected chi connectivity index (χ2v) is 8.07. The summed E-state index contributed by atoms with van der Waals surface area (Å²) in [5.74, 6) is -1.01. The van der Waals surface area contributed by atoms with Gasteiger partial charge in [0, 0.05) is 10.8 Å². The average molecular weight is 394 g/mol. The van der Waals surface area contributed by atoms with E-state index in [2.05, 4.69) is 4.90 Å². The van der Waals surface area contributed by atoms with Crippen molar-refractivity contribution in [2.45, 2.75) is 49.2 Å². The molecule has 0 N–H and O–H groups in total. The van der Waals surface area contributed by atoms with Gasteiger partial charge >= 0.3 is 5.97 Å². The van der Waals surface area contributed by atoms with Gasteiger partial charge in [-0.3, -0.25) is 19.8 Å². The monoisotopic (exact) mass is 394 g/mol. The molecule has 1 unspecified atom stereocenters. The van der Waals surface area contributed by atoms with Crippen LogP contribution in [0, 0.1) is 10.1 Å². The number of carbonyl (C=O) groups excluding carboxylic acids is 1. The molecule has 2 heterocycles. The van der Waals surface area contributed by atoms with Crippen molar-refractivity contribution < 1.29 is 14.5 Å². The highest BCUT2D eigenvalue weighted by atomic mass is 16.6. The van der Waals surface area contributed by atoms with Gasteiger partial charge in [0.25, 0.3) is 0 Å². The number of methoxy groups -OCH3 is 1. The lowest BCUT2D eigenvalue weighted by Gasteiger charge is -2.35. The zero-order valence-corrected chi connectivity index (χ0v) is 16.7. The first-order valence-electron chi connectivity index (χ1n) is 10.1. The third kappa shape index (κ3) is 2.94. The maximum Gasteiger partial charge on any atom is 0.327 e. The van der Waals surface area contributed by atoms with Gasteiger partial charge < -0.3 is 4.74 Å². The number of hydrogen-bond acceptors (Lipinski definition) is 5. The number of nitro groups is 1. The van der Waals surface area contributed by atoms with Crippen molar-refractivity contribution in [2.75, 3.05) is 13.7 Å². The van der Waals surface area contributed by atoms with Crippen LogP contribution in [0.1, 0.15) is 42.7 Å². The summed E-state index contributed by atoms with van der Waals surface area (Å²) in [6.45, 7) is 2.69. The highest BCUT2D eigenvalue weighted by Crippen LogP contribution is 2.55. The number of fused-ring (bicyclic) bond motifs is 1. The minimum absolute atomic E-state index is 0.0950. The summed E-state index contributed by atoms with van der Waals surface area (Å²) < 4.78 is 5.25. The van der Waals surface area contributed by atoms with Crippen LogP contribution in [0.2, 0.25) is 0 Å². The first kappa shape index (κ1) is 19.6. The van der Waals surface area contributed by atoms with Crippen molar-refractivity contribution in [3.05, 3.63) is 81.9 Å². The lowest BCUT2D eigenvalue weighted by molar-refractivity contribution is -0.529. The van der Waals surface area contributed by atoms with Crippen LogP contribution in [0.5, 0.6) is 0 Å². The van der Waals surface area contributed by atoms with Crippen LogP contribution in [-0.4, -0.2) is 47.1 Å². The third-order valence-electron chi connectivity index (χ3n) is 6.81. The molecule has 6 nitrogen and oxygen atoms in total. The van der Waals surface area contributed by atoms with E-state index in [9.17, 15) is 14.9 Å². The van der Waals surface area contributed by atoms with Crippen LogP contribution in [0.4, 0.5) is 0 Å². The van der Waals surface area contributed by atoms with Gasteiger partial charge in [0.15, 0.2) is 0 Å². The highest BCUT2D eigenvalue weighted by Gasteiger charge is 2.70. The molecule has 2 aromatic rings. The molecule has 2 aliphatic heterocycles. The fraction of sp³-hybridized carbons (Fsp3) is 0.435. The molecule has 0 spiro atoms. The first-order valence-corrected chi connectivity index (χ1v) is 10.1. The predicted molar refractivity (Wildman–Crippen MR) is 109 cm³/mol.